The third-order valence-electron chi connectivity index (χ3n) is 4.30. The number of amides is 1. The van der Waals surface area contributed by atoms with E-state index >= 15 is 0 Å². The summed E-state index contributed by atoms with van der Waals surface area (Å²) in [6.07, 6.45) is 3.60. The van der Waals surface area contributed by atoms with Crippen molar-refractivity contribution in [3.8, 4) is 0 Å². The van der Waals surface area contributed by atoms with Crippen LogP contribution in [-0.4, -0.2) is 24.2 Å². The molecule has 0 aliphatic carbocycles. The summed E-state index contributed by atoms with van der Waals surface area (Å²) in [5.41, 5.74) is 6.63. The monoisotopic (exact) mass is 310 g/mol. The number of ether oxygens (including phenoxy) is 1. The number of rotatable bonds is 4. The van der Waals surface area contributed by atoms with Gasteiger partial charge in [0.15, 0.2) is 0 Å². The lowest BCUT2D eigenvalue weighted by Gasteiger charge is -2.40. The Morgan fingerprint density at radius 2 is 2.14 bits per heavy atom. The van der Waals surface area contributed by atoms with Crippen LogP contribution in [0.15, 0.2) is 18.2 Å². The minimum Gasteiger partial charge on any atom is -0.399 e. The summed E-state index contributed by atoms with van der Waals surface area (Å²) in [5.74, 6) is -0.128. The molecule has 1 saturated heterocycles. The van der Waals surface area contributed by atoms with Crippen molar-refractivity contribution in [2.24, 2.45) is 0 Å². The summed E-state index contributed by atoms with van der Waals surface area (Å²) in [6, 6.07) is 5.05. The first kappa shape index (κ1) is 16.1. The molecule has 5 heteroatoms. The molecule has 0 radical (unpaired) electrons. The molecule has 1 aliphatic rings. The zero-order valence-electron chi connectivity index (χ0n) is 12.6. The lowest BCUT2D eigenvalue weighted by molar-refractivity contribution is -0.0917. The predicted octanol–water partition coefficient (Wildman–Crippen LogP) is 3.39. The third-order valence-corrected chi connectivity index (χ3v) is 4.52. The maximum Gasteiger partial charge on any atom is 0.251 e. The SMILES string of the molecule is CCC1(CC)CC(NC(=O)c2cc(N)cc(Cl)c2)CCO1. The molecule has 1 unspecified atom stereocenters. The molecule has 0 saturated carbocycles. The van der Waals surface area contributed by atoms with Crippen LogP contribution in [0.5, 0.6) is 0 Å². The van der Waals surface area contributed by atoms with Gasteiger partial charge < -0.3 is 15.8 Å². The summed E-state index contributed by atoms with van der Waals surface area (Å²) in [7, 11) is 0. The summed E-state index contributed by atoms with van der Waals surface area (Å²) in [4.78, 5) is 12.3. The van der Waals surface area contributed by atoms with E-state index in [4.69, 9.17) is 22.1 Å². The summed E-state index contributed by atoms with van der Waals surface area (Å²) < 4.78 is 5.93. The van der Waals surface area contributed by atoms with Gasteiger partial charge in [0.2, 0.25) is 0 Å². The number of nitrogens with one attached hydrogen (secondary N) is 1. The Morgan fingerprint density at radius 1 is 1.43 bits per heavy atom. The van der Waals surface area contributed by atoms with Gasteiger partial charge in [-0.25, -0.2) is 0 Å². The molecule has 4 nitrogen and oxygen atoms in total. The maximum absolute atomic E-state index is 12.3. The van der Waals surface area contributed by atoms with Gasteiger partial charge in [-0.15, -0.1) is 0 Å². The van der Waals surface area contributed by atoms with Crippen molar-refractivity contribution in [3.63, 3.8) is 0 Å². The fraction of sp³-hybridized carbons (Fsp3) is 0.562. The van der Waals surface area contributed by atoms with Gasteiger partial charge in [-0.05, 0) is 43.9 Å². The average Bonchev–Trinajstić information content (AvgIpc) is 2.46. The smallest absolute Gasteiger partial charge is 0.251 e. The highest BCUT2D eigenvalue weighted by molar-refractivity contribution is 6.31. The van der Waals surface area contributed by atoms with Gasteiger partial charge in [0.25, 0.3) is 5.91 Å². The molecule has 1 amide bonds. The fourth-order valence-electron chi connectivity index (χ4n) is 2.91. The molecular weight excluding hydrogens is 288 g/mol. The van der Waals surface area contributed by atoms with Crippen molar-refractivity contribution >= 4 is 23.2 Å². The van der Waals surface area contributed by atoms with Crippen molar-refractivity contribution in [2.45, 2.75) is 51.2 Å². The first-order valence-corrected chi connectivity index (χ1v) is 7.86. The number of hydrogen-bond donors (Lipinski definition) is 2. The quantitative estimate of drug-likeness (QED) is 0.838. The van der Waals surface area contributed by atoms with Crippen molar-refractivity contribution in [1.29, 1.82) is 0 Å². The molecule has 3 N–H and O–H groups in total. The van der Waals surface area contributed by atoms with Crippen LogP contribution in [0.1, 0.15) is 49.9 Å². The minimum atomic E-state index is -0.128. The van der Waals surface area contributed by atoms with Gasteiger partial charge in [0.05, 0.1) is 5.60 Å². The molecule has 1 aromatic carbocycles. The van der Waals surface area contributed by atoms with Crippen molar-refractivity contribution in [3.05, 3.63) is 28.8 Å². The van der Waals surface area contributed by atoms with Crippen molar-refractivity contribution in [1.82, 2.24) is 5.32 Å². The molecule has 0 aromatic heterocycles. The zero-order valence-corrected chi connectivity index (χ0v) is 13.4. The topological polar surface area (TPSA) is 64.4 Å². The van der Waals surface area contributed by atoms with Crippen LogP contribution in [-0.2, 0) is 4.74 Å². The number of benzene rings is 1. The second kappa shape index (κ2) is 6.67. The van der Waals surface area contributed by atoms with E-state index < -0.39 is 0 Å². The Labute approximate surface area is 131 Å². The first-order valence-electron chi connectivity index (χ1n) is 7.49. The van der Waals surface area contributed by atoms with E-state index in [9.17, 15) is 4.79 Å². The first-order chi connectivity index (χ1) is 9.98. The van der Waals surface area contributed by atoms with E-state index in [-0.39, 0.29) is 17.6 Å². The van der Waals surface area contributed by atoms with Crippen LogP contribution in [0.3, 0.4) is 0 Å². The summed E-state index contributed by atoms with van der Waals surface area (Å²) in [6.45, 7) is 4.95. The average molecular weight is 311 g/mol. The maximum atomic E-state index is 12.3. The van der Waals surface area contributed by atoms with Crippen molar-refractivity contribution in [2.75, 3.05) is 12.3 Å². The molecule has 21 heavy (non-hydrogen) atoms. The standard InChI is InChI=1S/C16H23ClN2O2/c1-3-16(4-2)10-14(5-6-21-16)19-15(20)11-7-12(17)9-13(18)8-11/h7-9,14H,3-6,10,18H2,1-2H3,(H,19,20). The highest BCUT2D eigenvalue weighted by Crippen LogP contribution is 2.31. The van der Waals surface area contributed by atoms with E-state index in [1.807, 2.05) is 0 Å². The van der Waals surface area contributed by atoms with E-state index in [1.165, 1.54) is 0 Å². The van der Waals surface area contributed by atoms with E-state index in [2.05, 4.69) is 19.2 Å². The van der Waals surface area contributed by atoms with Gasteiger partial charge >= 0.3 is 0 Å². The van der Waals surface area contributed by atoms with Gasteiger partial charge in [-0.2, -0.15) is 0 Å². The molecule has 116 valence electrons. The molecule has 1 aromatic rings. The molecular formula is C16H23ClN2O2. The Morgan fingerprint density at radius 3 is 2.76 bits per heavy atom. The van der Waals surface area contributed by atoms with E-state index in [0.717, 1.165) is 25.7 Å². The highest BCUT2D eigenvalue weighted by Gasteiger charge is 2.35. The second-order valence-corrected chi connectivity index (χ2v) is 6.11. The Hall–Kier alpha value is -1.26. The molecule has 0 bridgehead atoms. The minimum absolute atomic E-state index is 0.108. The van der Waals surface area contributed by atoms with Crippen molar-refractivity contribution < 1.29 is 9.53 Å². The third kappa shape index (κ3) is 3.89. The number of hydrogen-bond acceptors (Lipinski definition) is 3. The van der Waals surface area contributed by atoms with Gasteiger partial charge in [-0.3, -0.25) is 4.79 Å². The Bertz CT molecular complexity index is 495. The number of halogens is 1. The van der Waals surface area contributed by atoms with Crippen LogP contribution in [0, 0.1) is 0 Å². The molecule has 0 spiro atoms. The molecule has 1 heterocycles. The van der Waals surface area contributed by atoms with E-state index in [1.54, 1.807) is 18.2 Å². The lowest BCUT2D eigenvalue weighted by Crippen LogP contribution is -2.48. The van der Waals surface area contributed by atoms with Crippen LogP contribution >= 0.6 is 11.6 Å². The largest absolute Gasteiger partial charge is 0.399 e. The number of nitrogen functional groups attached to an aromatic ring is 1. The second-order valence-electron chi connectivity index (χ2n) is 5.68. The van der Waals surface area contributed by atoms with E-state index in [0.29, 0.717) is 22.9 Å². The zero-order chi connectivity index (χ0) is 15.5. The number of carbonyl (C=O) groups excluding carboxylic acids is 1. The van der Waals surface area contributed by atoms with Crippen LogP contribution in [0.2, 0.25) is 5.02 Å². The number of carbonyl (C=O) groups is 1. The van der Waals surface area contributed by atoms with Crippen LogP contribution in [0.4, 0.5) is 5.69 Å². The highest BCUT2D eigenvalue weighted by atomic mass is 35.5. The Kier molecular flexibility index (Phi) is 5.12. The fourth-order valence-corrected chi connectivity index (χ4v) is 3.15. The van der Waals surface area contributed by atoms with Gasteiger partial charge in [0, 0.05) is 28.9 Å². The molecule has 1 aliphatic heterocycles. The number of nitrogens with two attached hydrogens (primary N) is 1. The summed E-state index contributed by atoms with van der Waals surface area (Å²) >= 11 is 5.95. The lowest BCUT2D eigenvalue weighted by atomic mass is 9.86. The predicted molar refractivity (Wildman–Crippen MR) is 85.6 cm³/mol. The summed E-state index contributed by atoms with van der Waals surface area (Å²) in [5, 5.41) is 3.56. The normalized spacial score (nSPS) is 21.0. The van der Waals surface area contributed by atoms with Crippen LogP contribution in [0.25, 0.3) is 0 Å². The molecule has 2 rings (SSSR count). The van der Waals surface area contributed by atoms with Crippen LogP contribution < -0.4 is 11.1 Å². The van der Waals surface area contributed by atoms with Gasteiger partial charge in [-0.1, -0.05) is 25.4 Å². The van der Waals surface area contributed by atoms with Gasteiger partial charge in [0.1, 0.15) is 0 Å². The molecule has 1 fully saturated rings. The number of anilines is 1. The molecule has 1 atom stereocenters. The Balaban J connectivity index is 2.05.